The lowest BCUT2D eigenvalue weighted by Crippen LogP contribution is -2.40. The van der Waals surface area contributed by atoms with E-state index in [4.69, 9.17) is 4.74 Å². The Balaban J connectivity index is 2.39. The predicted octanol–water partition coefficient (Wildman–Crippen LogP) is 1.86. The van der Waals surface area contributed by atoms with E-state index in [0.29, 0.717) is 6.54 Å². The van der Waals surface area contributed by atoms with E-state index in [1.807, 2.05) is 23.1 Å². The molecule has 0 fully saturated rings. The molecule has 0 saturated carbocycles. The summed E-state index contributed by atoms with van der Waals surface area (Å²) < 4.78 is 5.18. The fourth-order valence-electron chi connectivity index (χ4n) is 1.88. The largest absolute Gasteiger partial charge is 0.497 e. The fourth-order valence-corrected chi connectivity index (χ4v) is 1.88. The molecule has 1 N–H and O–H groups in total. The molecule has 0 radical (unpaired) electrons. The first kappa shape index (κ1) is 10.8. The van der Waals surface area contributed by atoms with E-state index in [1.165, 1.54) is 0 Å². The van der Waals surface area contributed by atoms with E-state index < -0.39 is 0 Å². The van der Waals surface area contributed by atoms with Crippen LogP contribution in [-0.2, 0) is 4.79 Å². The van der Waals surface area contributed by atoms with Gasteiger partial charge in [0.2, 0.25) is 5.91 Å². The van der Waals surface area contributed by atoms with Crippen LogP contribution in [0.4, 0.5) is 11.4 Å². The molecule has 1 aliphatic heterocycles. The summed E-state index contributed by atoms with van der Waals surface area (Å²) in [7, 11) is 1.63. The molecule has 0 aromatic heterocycles. The normalized spacial score (nSPS) is 14.4. The van der Waals surface area contributed by atoms with Gasteiger partial charge in [-0.15, -0.1) is 0 Å². The van der Waals surface area contributed by atoms with Gasteiger partial charge in [-0.3, -0.25) is 4.79 Å². The maximum Gasteiger partial charge on any atom is 0.246 e. The highest BCUT2D eigenvalue weighted by Crippen LogP contribution is 2.33. The first-order valence-corrected chi connectivity index (χ1v) is 5.48. The van der Waals surface area contributed by atoms with Crippen molar-refractivity contribution in [3.63, 3.8) is 0 Å². The van der Waals surface area contributed by atoms with Crippen LogP contribution in [0.1, 0.15) is 13.3 Å². The molecule has 86 valence electrons. The van der Waals surface area contributed by atoms with Gasteiger partial charge in [0.15, 0.2) is 0 Å². The molecule has 4 nitrogen and oxygen atoms in total. The average Bonchev–Trinajstić information content (AvgIpc) is 2.32. The molecule has 1 aliphatic rings. The minimum atomic E-state index is 0.114. The van der Waals surface area contributed by atoms with E-state index in [1.54, 1.807) is 7.11 Å². The second kappa shape index (κ2) is 4.43. The van der Waals surface area contributed by atoms with Crippen molar-refractivity contribution in [1.82, 2.24) is 0 Å². The zero-order valence-corrected chi connectivity index (χ0v) is 9.62. The molecule has 1 amide bonds. The van der Waals surface area contributed by atoms with Gasteiger partial charge in [-0.1, -0.05) is 6.92 Å². The van der Waals surface area contributed by atoms with Crippen LogP contribution in [-0.4, -0.2) is 26.1 Å². The molecule has 0 spiro atoms. The number of hydrogen-bond acceptors (Lipinski definition) is 3. The Kier molecular flexibility index (Phi) is 2.99. The molecule has 1 aromatic carbocycles. The number of nitrogens with one attached hydrogen (secondary N) is 1. The van der Waals surface area contributed by atoms with Gasteiger partial charge in [0.25, 0.3) is 0 Å². The lowest BCUT2D eigenvalue weighted by atomic mass is 10.1. The zero-order valence-electron chi connectivity index (χ0n) is 9.62. The average molecular weight is 220 g/mol. The maximum atomic E-state index is 11.8. The van der Waals surface area contributed by atoms with Crippen LogP contribution in [0.3, 0.4) is 0 Å². The Hall–Kier alpha value is -1.71. The van der Waals surface area contributed by atoms with Crippen LogP contribution in [0.5, 0.6) is 5.75 Å². The number of benzene rings is 1. The summed E-state index contributed by atoms with van der Waals surface area (Å²) in [6.07, 6.45) is 0.947. The van der Waals surface area contributed by atoms with Crippen LogP contribution >= 0.6 is 0 Å². The van der Waals surface area contributed by atoms with Crippen molar-refractivity contribution in [2.45, 2.75) is 13.3 Å². The van der Waals surface area contributed by atoms with Gasteiger partial charge in [0.1, 0.15) is 5.75 Å². The van der Waals surface area contributed by atoms with Crippen molar-refractivity contribution in [2.75, 3.05) is 30.4 Å². The molecule has 1 aromatic rings. The molecule has 0 aliphatic carbocycles. The number of methoxy groups -OCH3 is 1. The van der Waals surface area contributed by atoms with Gasteiger partial charge >= 0.3 is 0 Å². The molecule has 2 rings (SSSR count). The van der Waals surface area contributed by atoms with Crippen molar-refractivity contribution in [1.29, 1.82) is 0 Å². The third-order valence-electron chi connectivity index (χ3n) is 2.67. The number of hydrogen-bond donors (Lipinski definition) is 1. The summed E-state index contributed by atoms with van der Waals surface area (Å²) in [4.78, 5) is 13.6. The number of nitrogens with zero attached hydrogens (tertiary/aromatic N) is 1. The SMILES string of the molecule is CCCN1C(=O)CNc2ccc(OC)cc21. The molecule has 16 heavy (non-hydrogen) atoms. The first-order valence-electron chi connectivity index (χ1n) is 5.48. The molecule has 1 heterocycles. The van der Waals surface area contributed by atoms with Crippen LogP contribution < -0.4 is 15.0 Å². The summed E-state index contributed by atoms with van der Waals surface area (Å²) in [5.74, 6) is 0.888. The summed E-state index contributed by atoms with van der Waals surface area (Å²) in [5.41, 5.74) is 1.91. The quantitative estimate of drug-likeness (QED) is 0.845. The predicted molar refractivity (Wildman–Crippen MR) is 64.1 cm³/mol. The smallest absolute Gasteiger partial charge is 0.246 e. The highest BCUT2D eigenvalue weighted by molar-refractivity contribution is 6.02. The minimum Gasteiger partial charge on any atom is -0.497 e. The van der Waals surface area contributed by atoms with E-state index in [0.717, 1.165) is 30.1 Å². The van der Waals surface area contributed by atoms with Gasteiger partial charge in [0, 0.05) is 12.6 Å². The molecule has 0 bridgehead atoms. The van der Waals surface area contributed by atoms with Gasteiger partial charge in [-0.2, -0.15) is 0 Å². The third-order valence-corrected chi connectivity index (χ3v) is 2.67. The topological polar surface area (TPSA) is 41.6 Å². The van der Waals surface area contributed by atoms with Gasteiger partial charge in [0.05, 0.1) is 25.0 Å². The Morgan fingerprint density at radius 3 is 3.00 bits per heavy atom. The lowest BCUT2D eigenvalue weighted by Gasteiger charge is -2.30. The Morgan fingerprint density at radius 1 is 1.50 bits per heavy atom. The molecule has 0 unspecified atom stereocenters. The standard InChI is InChI=1S/C12H16N2O2/c1-3-6-14-11-7-9(16-2)4-5-10(11)13-8-12(14)15/h4-5,7,13H,3,6,8H2,1-2H3. The Morgan fingerprint density at radius 2 is 2.31 bits per heavy atom. The van der Waals surface area contributed by atoms with Crippen molar-refractivity contribution in [3.05, 3.63) is 18.2 Å². The Labute approximate surface area is 95.2 Å². The zero-order chi connectivity index (χ0) is 11.5. The van der Waals surface area contributed by atoms with Crippen molar-refractivity contribution >= 4 is 17.3 Å². The highest BCUT2D eigenvalue weighted by Gasteiger charge is 2.23. The van der Waals surface area contributed by atoms with Gasteiger partial charge < -0.3 is 15.0 Å². The second-order valence-corrected chi connectivity index (χ2v) is 3.78. The number of fused-ring (bicyclic) bond motifs is 1. The summed E-state index contributed by atoms with van der Waals surface area (Å²) in [5, 5.41) is 3.11. The molecule has 0 saturated heterocycles. The van der Waals surface area contributed by atoms with Crippen molar-refractivity contribution in [2.24, 2.45) is 0 Å². The second-order valence-electron chi connectivity index (χ2n) is 3.78. The number of anilines is 2. The molecule has 0 atom stereocenters. The maximum absolute atomic E-state index is 11.8. The third kappa shape index (κ3) is 1.83. The lowest BCUT2D eigenvalue weighted by molar-refractivity contribution is -0.117. The number of amides is 1. The van der Waals surface area contributed by atoms with Gasteiger partial charge in [-0.05, 0) is 18.6 Å². The molecular formula is C12H16N2O2. The first-order chi connectivity index (χ1) is 7.76. The van der Waals surface area contributed by atoms with Gasteiger partial charge in [-0.25, -0.2) is 0 Å². The number of rotatable bonds is 3. The monoisotopic (exact) mass is 220 g/mol. The van der Waals surface area contributed by atoms with Crippen molar-refractivity contribution < 1.29 is 9.53 Å². The summed E-state index contributed by atoms with van der Waals surface area (Å²) in [6, 6.07) is 5.74. The van der Waals surface area contributed by atoms with Crippen LogP contribution in [0, 0.1) is 0 Å². The van der Waals surface area contributed by atoms with Crippen LogP contribution in [0.25, 0.3) is 0 Å². The number of carbonyl (C=O) groups excluding carboxylic acids is 1. The van der Waals surface area contributed by atoms with E-state index in [2.05, 4.69) is 12.2 Å². The minimum absolute atomic E-state index is 0.114. The fraction of sp³-hybridized carbons (Fsp3) is 0.417. The van der Waals surface area contributed by atoms with E-state index >= 15 is 0 Å². The van der Waals surface area contributed by atoms with E-state index in [9.17, 15) is 4.79 Å². The molecule has 4 heteroatoms. The number of carbonyl (C=O) groups is 1. The van der Waals surface area contributed by atoms with Crippen molar-refractivity contribution in [3.8, 4) is 5.75 Å². The molecular weight excluding hydrogens is 204 g/mol. The summed E-state index contributed by atoms with van der Waals surface area (Å²) in [6.45, 7) is 3.19. The highest BCUT2D eigenvalue weighted by atomic mass is 16.5. The number of ether oxygens (including phenoxy) is 1. The summed E-state index contributed by atoms with van der Waals surface area (Å²) >= 11 is 0. The Bertz CT molecular complexity index is 404. The van der Waals surface area contributed by atoms with E-state index in [-0.39, 0.29) is 5.91 Å². The van der Waals surface area contributed by atoms with Crippen LogP contribution in [0.15, 0.2) is 18.2 Å². The van der Waals surface area contributed by atoms with Crippen LogP contribution in [0.2, 0.25) is 0 Å².